The van der Waals surface area contributed by atoms with Gasteiger partial charge in [0.25, 0.3) is 0 Å². The maximum absolute atomic E-state index is 13.7. The average Bonchev–Trinajstić information content (AvgIpc) is 2.25. The van der Waals surface area contributed by atoms with Crippen molar-refractivity contribution in [3.05, 3.63) is 35.4 Å². The second-order valence-corrected chi connectivity index (χ2v) is 6.53. The number of hydrogen-bond donors (Lipinski definition) is 1. The molecule has 0 radical (unpaired) electrons. The zero-order chi connectivity index (χ0) is 14.6. The molecule has 0 bridgehead atoms. The second-order valence-electron chi connectivity index (χ2n) is 6.53. The fourth-order valence-corrected chi connectivity index (χ4v) is 2.04. The first-order valence-corrected chi connectivity index (χ1v) is 6.88. The number of nitrogens with one attached hydrogen (secondary N) is 1. The number of hydrogen-bond acceptors (Lipinski definition) is 1. The number of halogens is 2. The van der Waals surface area contributed by atoms with E-state index in [0.29, 0.717) is 12.5 Å². The molecular formula is C16H25F2N. The van der Waals surface area contributed by atoms with Gasteiger partial charge in [0, 0.05) is 11.6 Å². The summed E-state index contributed by atoms with van der Waals surface area (Å²) in [4.78, 5) is 0. The number of rotatable bonds is 5. The molecular weight excluding hydrogens is 244 g/mol. The minimum Gasteiger partial charge on any atom is -0.314 e. The molecule has 3 heteroatoms. The smallest absolute Gasteiger partial charge is 0.129 e. The van der Waals surface area contributed by atoms with E-state index in [1.54, 1.807) is 0 Å². The van der Waals surface area contributed by atoms with Crippen LogP contribution in [0.25, 0.3) is 0 Å². The van der Waals surface area contributed by atoms with Crippen molar-refractivity contribution in [2.45, 2.75) is 47.1 Å². The molecule has 0 spiro atoms. The summed E-state index contributed by atoms with van der Waals surface area (Å²) in [5.74, 6) is -0.709. The van der Waals surface area contributed by atoms with Gasteiger partial charge in [-0.1, -0.05) is 40.7 Å². The summed E-state index contributed by atoms with van der Waals surface area (Å²) >= 11 is 0. The lowest BCUT2D eigenvalue weighted by atomic mass is 9.77. The van der Waals surface area contributed by atoms with E-state index in [2.05, 4.69) is 39.9 Å². The Kier molecular flexibility index (Phi) is 5.48. The van der Waals surface area contributed by atoms with Gasteiger partial charge in [-0.15, -0.1) is 0 Å². The molecule has 0 saturated heterocycles. The summed E-state index contributed by atoms with van der Waals surface area (Å²) in [5.41, 5.74) is 0.198. The van der Waals surface area contributed by atoms with Crippen LogP contribution in [-0.4, -0.2) is 12.6 Å². The predicted molar refractivity (Wildman–Crippen MR) is 76.1 cm³/mol. The summed E-state index contributed by atoms with van der Waals surface area (Å²) < 4.78 is 27.5. The fourth-order valence-electron chi connectivity index (χ4n) is 2.04. The zero-order valence-electron chi connectivity index (χ0n) is 12.6. The van der Waals surface area contributed by atoms with E-state index in [1.165, 1.54) is 18.2 Å². The third-order valence-corrected chi connectivity index (χ3v) is 3.51. The van der Waals surface area contributed by atoms with Gasteiger partial charge in [0.2, 0.25) is 0 Å². The van der Waals surface area contributed by atoms with Crippen LogP contribution in [0.3, 0.4) is 0 Å². The van der Waals surface area contributed by atoms with E-state index in [-0.39, 0.29) is 16.9 Å². The maximum atomic E-state index is 13.7. The van der Waals surface area contributed by atoms with Gasteiger partial charge in [-0.2, -0.15) is 0 Å². The molecule has 0 aromatic heterocycles. The summed E-state index contributed by atoms with van der Waals surface area (Å²) in [6, 6.07) is 4.43. The van der Waals surface area contributed by atoms with Crippen molar-refractivity contribution in [2.24, 2.45) is 11.3 Å². The first-order chi connectivity index (χ1) is 8.71. The van der Waals surface area contributed by atoms with Crippen LogP contribution in [0, 0.1) is 23.0 Å². The largest absolute Gasteiger partial charge is 0.314 e. The van der Waals surface area contributed by atoms with E-state index in [4.69, 9.17) is 0 Å². The van der Waals surface area contributed by atoms with Gasteiger partial charge in [0.15, 0.2) is 0 Å². The Morgan fingerprint density at radius 1 is 1.11 bits per heavy atom. The van der Waals surface area contributed by atoms with Crippen molar-refractivity contribution in [3.63, 3.8) is 0 Å². The highest BCUT2D eigenvalue weighted by atomic mass is 19.1. The van der Waals surface area contributed by atoms with E-state index in [1.807, 2.05) is 0 Å². The zero-order valence-corrected chi connectivity index (χ0v) is 12.6. The SMILES string of the molecule is CC(C)NCC(Cc1c(F)cccc1F)C(C)(C)C. The molecule has 0 saturated carbocycles. The lowest BCUT2D eigenvalue weighted by Crippen LogP contribution is -2.36. The molecule has 108 valence electrons. The van der Waals surface area contributed by atoms with Gasteiger partial charge in [0.1, 0.15) is 11.6 Å². The molecule has 1 rings (SSSR count). The summed E-state index contributed by atoms with van der Waals surface area (Å²) in [6.07, 6.45) is 0.418. The van der Waals surface area contributed by atoms with Crippen LogP contribution >= 0.6 is 0 Å². The van der Waals surface area contributed by atoms with Crippen LogP contribution in [0.2, 0.25) is 0 Å². The van der Waals surface area contributed by atoms with Crippen LogP contribution in [-0.2, 0) is 6.42 Å². The van der Waals surface area contributed by atoms with Crippen molar-refractivity contribution in [1.29, 1.82) is 0 Å². The predicted octanol–water partition coefficient (Wildman–Crippen LogP) is 4.17. The Hall–Kier alpha value is -0.960. The van der Waals surface area contributed by atoms with Crippen LogP contribution in [0.15, 0.2) is 18.2 Å². The molecule has 19 heavy (non-hydrogen) atoms. The molecule has 0 aliphatic heterocycles. The lowest BCUT2D eigenvalue weighted by molar-refractivity contribution is 0.223. The summed E-state index contributed by atoms with van der Waals surface area (Å²) in [7, 11) is 0. The molecule has 1 aromatic rings. The standard InChI is InChI=1S/C16H25F2N/c1-11(2)19-10-12(16(3,4)5)9-13-14(17)7-6-8-15(13)18/h6-8,11-12,19H,9-10H2,1-5H3. The molecule has 0 fully saturated rings. The van der Waals surface area contributed by atoms with Crippen LogP contribution in [0.1, 0.15) is 40.2 Å². The van der Waals surface area contributed by atoms with Crippen molar-refractivity contribution < 1.29 is 8.78 Å². The highest BCUT2D eigenvalue weighted by Gasteiger charge is 2.26. The molecule has 1 atom stereocenters. The Bertz CT molecular complexity index is 387. The van der Waals surface area contributed by atoms with Gasteiger partial charge in [0.05, 0.1) is 0 Å². The molecule has 0 aliphatic carbocycles. The first-order valence-electron chi connectivity index (χ1n) is 6.88. The second kappa shape index (κ2) is 6.47. The van der Waals surface area contributed by atoms with Gasteiger partial charge in [-0.25, -0.2) is 8.78 Å². The van der Waals surface area contributed by atoms with Crippen LogP contribution < -0.4 is 5.32 Å². The van der Waals surface area contributed by atoms with Crippen molar-refractivity contribution >= 4 is 0 Å². The fraction of sp³-hybridized carbons (Fsp3) is 0.625. The minimum atomic E-state index is -0.446. The van der Waals surface area contributed by atoms with E-state index < -0.39 is 11.6 Å². The van der Waals surface area contributed by atoms with Crippen molar-refractivity contribution in [2.75, 3.05) is 6.54 Å². The van der Waals surface area contributed by atoms with E-state index >= 15 is 0 Å². The molecule has 1 unspecified atom stereocenters. The Balaban J connectivity index is 2.88. The van der Waals surface area contributed by atoms with Gasteiger partial charge in [-0.05, 0) is 36.4 Å². The highest BCUT2D eigenvalue weighted by molar-refractivity contribution is 5.20. The Morgan fingerprint density at radius 3 is 2.05 bits per heavy atom. The topological polar surface area (TPSA) is 12.0 Å². The highest BCUT2D eigenvalue weighted by Crippen LogP contribution is 2.30. The molecule has 1 aromatic carbocycles. The van der Waals surface area contributed by atoms with E-state index in [0.717, 1.165) is 6.54 Å². The third-order valence-electron chi connectivity index (χ3n) is 3.51. The first kappa shape index (κ1) is 16.1. The average molecular weight is 269 g/mol. The minimum absolute atomic E-state index is 0.00336. The van der Waals surface area contributed by atoms with Gasteiger partial charge < -0.3 is 5.32 Å². The van der Waals surface area contributed by atoms with Crippen molar-refractivity contribution in [3.8, 4) is 0 Å². The van der Waals surface area contributed by atoms with Crippen molar-refractivity contribution in [1.82, 2.24) is 5.32 Å². The summed E-state index contributed by atoms with van der Waals surface area (Å²) in [5, 5.41) is 3.37. The number of benzene rings is 1. The van der Waals surface area contributed by atoms with E-state index in [9.17, 15) is 8.78 Å². The molecule has 1 nitrogen and oxygen atoms in total. The van der Waals surface area contributed by atoms with Gasteiger partial charge >= 0.3 is 0 Å². The van der Waals surface area contributed by atoms with Crippen LogP contribution in [0.5, 0.6) is 0 Å². The molecule has 0 amide bonds. The molecule has 0 heterocycles. The molecule has 1 N–H and O–H groups in total. The normalized spacial score (nSPS) is 13.9. The Labute approximate surface area is 115 Å². The molecule has 0 aliphatic rings. The summed E-state index contributed by atoms with van der Waals surface area (Å²) in [6.45, 7) is 11.2. The maximum Gasteiger partial charge on any atom is 0.129 e. The monoisotopic (exact) mass is 269 g/mol. The quantitative estimate of drug-likeness (QED) is 0.846. The lowest BCUT2D eigenvalue weighted by Gasteiger charge is -2.32. The van der Waals surface area contributed by atoms with Crippen LogP contribution in [0.4, 0.5) is 8.78 Å². The van der Waals surface area contributed by atoms with Gasteiger partial charge in [-0.3, -0.25) is 0 Å². The Morgan fingerprint density at radius 2 is 1.63 bits per heavy atom. The third kappa shape index (κ3) is 4.90.